The van der Waals surface area contributed by atoms with Gasteiger partial charge in [0.05, 0.1) is 0 Å². The molecule has 1 heterocycles. The van der Waals surface area contributed by atoms with Gasteiger partial charge in [-0.3, -0.25) is 9.59 Å². The minimum atomic E-state index is -0.750. The SMILES string of the molecule is C[C@@H](OC(=O)CCCc1c[nH]c2ccccc12)C(=O)c1ccc2c(c1)CCC2. The number of carbonyl (C=O) groups excluding carboxylic acids is 2. The number of hydrogen-bond acceptors (Lipinski definition) is 3. The van der Waals surface area contributed by atoms with Gasteiger partial charge in [0, 0.05) is 29.1 Å². The molecule has 4 nitrogen and oxygen atoms in total. The monoisotopic (exact) mass is 375 g/mol. The zero-order valence-corrected chi connectivity index (χ0v) is 16.2. The van der Waals surface area contributed by atoms with Gasteiger partial charge in [0.25, 0.3) is 0 Å². The standard InChI is InChI=1S/C24H25NO3/c1-16(24(27)19-13-12-17-6-4-7-18(17)14-19)28-23(26)11-5-8-20-15-25-22-10-3-2-9-21(20)22/h2-3,9-10,12-16,25H,4-8,11H2,1H3/t16-/m1/s1. The Balaban J connectivity index is 1.29. The predicted octanol–water partition coefficient (Wildman–Crippen LogP) is 4.79. The lowest BCUT2D eigenvalue weighted by Gasteiger charge is -2.13. The maximum atomic E-state index is 12.6. The number of aryl methyl sites for hydroxylation is 3. The summed E-state index contributed by atoms with van der Waals surface area (Å²) in [5, 5.41) is 1.19. The topological polar surface area (TPSA) is 59.2 Å². The molecule has 0 aliphatic heterocycles. The van der Waals surface area contributed by atoms with Crippen LogP contribution in [0.25, 0.3) is 10.9 Å². The molecule has 0 spiro atoms. The first kappa shape index (κ1) is 18.5. The summed E-state index contributed by atoms with van der Waals surface area (Å²) in [7, 11) is 0. The molecule has 0 amide bonds. The van der Waals surface area contributed by atoms with Gasteiger partial charge in [-0.25, -0.2) is 0 Å². The molecule has 1 atom stereocenters. The molecule has 1 aromatic heterocycles. The summed E-state index contributed by atoms with van der Waals surface area (Å²) >= 11 is 0. The highest BCUT2D eigenvalue weighted by molar-refractivity contribution is 6.00. The van der Waals surface area contributed by atoms with Gasteiger partial charge in [-0.2, -0.15) is 0 Å². The fraction of sp³-hybridized carbons (Fsp3) is 0.333. The van der Waals surface area contributed by atoms with Crippen LogP contribution in [-0.4, -0.2) is 22.8 Å². The molecule has 4 heteroatoms. The number of benzene rings is 2. The van der Waals surface area contributed by atoms with Crippen LogP contribution in [0.4, 0.5) is 0 Å². The minimum Gasteiger partial charge on any atom is -0.454 e. The van der Waals surface area contributed by atoms with Gasteiger partial charge in [-0.1, -0.05) is 30.3 Å². The molecule has 0 unspecified atom stereocenters. The number of para-hydroxylation sites is 1. The fourth-order valence-corrected chi connectivity index (χ4v) is 4.03. The van der Waals surface area contributed by atoms with Crippen LogP contribution < -0.4 is 0 Å². The molecule has 1 aliphatic carbocycles. The number of fused-ring (bicyclic) bond motifs is 2. The van der Waals surface area contributed by atoms with E-state index in [2.05, 4.69) is 11.1 Å². The Morgan fingerprint density at radius 3 is 2.82 bits per heavy atom. The number of H-pyrrole nitrogens is 1. The van der Waals surface area contributed by atoms with E-state index in [0.717, 1.165) is 31.2 Å². The zero-order valence-electron chi connectivity index (χ0n) is 16.2. The van der Waals surface area contributed by atoms with Gasteiger partial charge in [0.15, 0.2) is 6.10 Å². The van der Waals surface area contributed by atoms with Crippen LogP contribution in [0, 0.1) is 0 Å². The van der Waals surface area contributed by atoms with Crippen LogP contribution in [-0.2, 0) is 28.8 Å². The van der Waals surface area contributed by atoms with Crippen LogP contribution in [0.1, 0.15) is 53.2 Å². The average molecular weight is 375 g/mol. The molecule has 0 bridgehead atoms. The Bertz CT molecular complexity index is 1020. The zero-order chi connectivity index (χ0) is 19.5. The van der Waals surface area contributed by atoms with Crippen molar-refractivity contribution in [1.82, 2.24) is 4.98 Å². The lowest BCUT2D eigenvalue weighted by atomic mass is 10.0. The second-order valence-corrected chi connectivity index (χ2v) is 7.55. The molecule has 2 aromatic carbocycles. The first-order valence-corrected chi connectivity index (χ1v) is 10.0. The third-order valence-electron chi connectivity index (χ3n) is 5.56. The van der Waals surface area contributed by atoms with E-state index in [-0.39, 0.29) is 11.8 Å². The highest BCUT2D eigenvalue weighted by Crippen LogP contribution is 2.24. The highest BCUT2D eigenvalue weighted by Gasteiger charge is 2.21. The Morgan fingerprint density at radius 1 is 1.11 bits per heavy atom. The number of esters is 1. The molecule has 0 radical (unpaired) electrons. The van der Waals surface area contributed by atoms with E-state index in [9.17, 15) is 9.59 Å². The summed E-state index contributed by atoms with van der Waals surface area (Å²) in [5.74, 6) is -0.443. The Labute approximate surface area is 164 Å². The molecular formula is C24H25NO3. The number of hydrogen-bond donors (Lipinski definition) is 1. The van der Waals surface area contributed by atoms with Crippen molar-refractivity contribution in [3.05, 3.63) is 70.9 Å². The van der Waals surface area contributed by atoms with Crippen molar-refractivity contribution in [3.63, 3.8) is 0 Å². The number of carbonyl (C=O) groups is 2. The Kier molecular flexibility index (Phi) is 5.29. The molecule has 28 heavy (non-hydrogen) atoms. The molecular weight excluding hydrogens is 350 g/mol. The van der Waals surface area contributed by atoms with Gasteiger partial charge in [0.2, 0.25) is 5.78 Å². The second kappa shape index (κ2) is 8.01. The van der Waals surface area contributed by atoms with Crippen molar-refractivity contribution in [2.75, 3.05) is 0 Å². The van der Waals surface area contributed by atoms with E-state index < -0.39 is 6.10 Å². The van der Waals surface area contributed by atoms with E-state index in [1.54, 1.807) is 6.92 Å². The Hall–Kier alpha value is -2.88. The largest absolute Gasteiger partial charge is 0.454 e. The molecule has 1 N–H and O–H groups in total. The minimum absolute atomic E-state index is 0.125. The smallest absolute Gasteiger partial charge is 0.306 e. The first-order valence-electron chi connectivity index (χ1n) is 10.0. The fourth-order valence-electron chi connectivity index (χ4n) is 4.03. The maximum Gasteiger partial charge on any atom is 0.306 e. The summed E-state index contributed by atoms with van der Waals surface area (Å²) in [4.78, 5) is 28.0. The first-order chi connectivity index (χ1) is 13.6. The highest BCUT2D eigenvalue weighted by atomic mass is 16.5. The molecule has 0 saturated heterocycles. The summed E-state index contributed by atoms with van der Waals surface area (Å²) < 4.78 is 5.40. The number of ether oxygens (including phenoxy) is 1. The summed E-state index contributed by atoms with van der Waals surface area (Å²) in [6.45, 7) is 1.66. The van der Waals surface area contributed by atoms with Gasteiger partial charge in [0.1, 0.15) is 0 Å². The number of aromatic nitrogens is 1. The van der Waals surface area contributed by atoms with Crippen LogP contribution in [0.15, 0.2) is 48.7 Å². The molecule has 0 fully saturated rings. The predicted molar refractivity (Wildman–Crippen MR) is 110 cm³/mol. The van der Waals surface area contributed by atoms with E-state index in [1.807, 2.05) is 42.6 Å². The van der Waals surface area contributed by atoms with Gasteiger partial charge in [-0.05, 0) is 67.9 Å². The maximum absolute atomic E-state index is 12.6. The molecule has 3 aromatic rings. The van der Waals surface area contributed by atoms with Gasteiger partial charge >= 0.3 is 5.97 Å². The summed E-state index contributed by atoms with van der Waals surface area (Å²) in [6.07, 6.45) is 6.31. The van der Waals surface area contributed by atoms with Crippen molar-refractivity contribution in [3.8, 4) is 0 Å². The molecule has 4 rings (SSSR count). The lowest BCUT2D eigenvalue weighted by Crippen LogP contribution is -2.24. The van der Waals surface area contributed by atoms with E-state index in [0.29, 0.717) is 18.4 Å². The summed E-state index contributed by atoms with van der Waals surface area (Å²) in [5.41, 5.74) is 5.53. The number of Topliss-reactive ketones (excluding diaryl/α,β-unsaturated/α-hetero) is 1. The van der Waals surface area contributed by atoms with Gasteiger partial charge < -0.3 is 9.72 Å². The van der Waals surface area contributed by atoms with Crippen molar-refractivity contribution in [2.24, 2.45) is 0 Å². The molecule has 144 valence electrons. The number of ketones is 1. The third-order valence-corrected chi connectivity index (χ3v) is 5.56. The quantitative estimate of drug-likeness (QED) is 0.477. The van der Waals surface area contributed by atoms with Crippen molar-refractivity contribution >= 4 is 22.7 Å². The summed E-state index contributed by atoms with van der Waals surface area (Å²) in [6, 6.07) is 14.0. The number of nitrogens with one attached hydrogen (secondary N) is 1. The molecule has 0 saturated carbocycles. The third kappa shape index (κ3) is 3.86. The molecule has 1 aliphatic rings. The number of aromatic amines is 1. The Morgan fingerprint density at radius 2 is 1.93 bits per heavy atom. The lowest BCUT2D eigenvalue weighted by molar-refractivity contribution is -0.146. The van der Waals surface area contributed by atoms with E-state index in [1.165, 1.54) is 22.1 Å². The van der Waals surface area contributed by atoms with E-state index >= 15 is 0 Å². The van der Waals surface area contributed by atoms with Crippen LogP contribution in [0.5, 0.6) is 0 Å². The number of rotatable bonds is 7. The van der Waals surface area contributed by atoms with Crippen LogP contribution in [0.3, 0.4) is 0 Å². The normalized spacial score (nSPS) is 14.0. The van der Waals surface area contributed by atoms with Crippen molar-refractivity contribution in [1.29, 1.82) is 0 Å². The van der Waals surface area contributed by atoms with Crippen molar-refractivity contribution in [2.45, 2.75) is 51.6 Å². The average Bonchev–Trinajstić information content (AvgIpc) is 3.33. The van der Waals surface area contributed by atoms with Gasteiger partial charge in [-0.15, -0.1) is 0 Å². The van der Waals surface area contributed by atoms with Crippen molar-refractivity contribution < 1.29 is 14.3 Å². The van der Waals surface area contributed by atoms with Crippen LogP contribution in [0.2, 0.25) is 0 Å². The second-order valence-electron chi connectivity index (χ2n) is 7.55. The van der Waals surface area contributed by atoms with Crippen LogP contribution >= 0.6 is 0 Å². The van der Waals surface area contributed by atoms with E-state index in [4.69, 9.17) is 4.74 Å².